The predicted octanol–water partition coefficient (Wildman–Crippen LogP) is 2.44. The average Bonchev–Trinajstić information content (AvgIpc) is 2.99. The van der Waals surface area contributed by atoms with Crippen LogP contribution in [0.3, 0.4) is 0 Å². The van der Waals surface area contributed by atoms with Crippen LogP contribution in [0.15, 0.2) is 66.7 Å². The molecule has 3 aromatic carbocycles. The molecule has 0 spiro atoms. The topological polar surface area (TPSA) is 148 Å². The molecule has 12 nitrogen and oxygen atoms in total. The average molecular weight is 567 g/mol. The molecule has 2 amide bonds. The third kappa shape index (κ3) is 8.36. The monoisotopic (exact) mass is 566 g/mol. The van der Waals surface area contributed by atoms with E-state index in [0.29, 0.717) is 34.1 Å². The molecule has 3 rings (SSSR count). The maximum Gasteiger partial charge on any atom is 0.350 e. The number of nitrogens with one attached hydrogen (secondary N) is 2. The lowest BCUT2D eigenvalue weighted by atomic mass is 10.00. The highest BCUT2D eigenvalue weighted by molar-refractivity contribution is 6.01. The maximum absolute atomic E-state index is 12.9. The molecule has 12 heteroatoms. The molecule has 0 bridgehead atoms. The van der Waals surface area contributed by atoms with Crippen molar-refractivity contribution >= 4 is 23.8 Å². The number of ether oxygens (including phenoxy) is 4. The van der Waals surface area contributed by atoms with Gasteiger partial charge in [0.1, 0.15) is 0 Å². The van der Waals surface area contributed by atoms with Crippen LogP contribution in [-0.2, 0) is 41.7 Å². The Balaban J connectivity index is 1.61. The number of hydroxylamine groups is 2. The van der Waals surface area contributed by atoms with Crippen molar-refractivity contribution in [2.24, 2.45) is 0 Å². The van der Waals surface area contributed by atoms with E-state index >= 15 is 0 Å². The summed E-state index contributed by atoms with van der Waals surface area (Å²) in [6.07, 6.45) is -0.305. The number of rotatable bonds is 11. The second-order valence-electron chi connectivity index (χ2n) is 8.47. The number of methoxy groups -OCH3 is 4. The third-order valence-corrected chi connectivity index (χ3v) is 5.76. The van der Waals surface area contributed by atoms with Crippen molar-refractivity contribution in [1.29, 1.82) is 0 Å². The van der Waals surface area contributed by atoms with Gasteiger partial charge >= 0.3 is 11.9 Å². The second kappa shape index (κ2) is 14.8. The Morgan fingerprint density at radius 2 is 1.00 bits per heavy atom. The van der Waals surface area contributed by atoms with Crippen molar-refractivity contribution in [1.82, 2.24) is 11.0 Å². The zero-order valence-corrected chi connectivity index (χ0v) is 22.9. The summed E-state index contributed by atoms with van der Waals surface area (Å²) in [4.78, 5) is 60.5. The van der Waals surface area contributed by atoms with E-state index in [-0.39, 0.29) is 18.4 Å². The lowest BCUT2D eigenvalue weighted by Gasteiger charge is -2.15. The summed E-state index contributed by atoms with van der Waals surface area (Å²) in [5.41, 5.74) is 5.44. The molecule has 216 valence electrons. The van der Waals surface area contributed by atoms with Crippen LogP contribution in [0.2, 0.25) is 0 Å². The van der Waals surface area contributed by atoms with Gasteiger partial charge in [-0.2, -0.15) is 11.0 Å². The van der Waals surface area contributed by atoms with E-state index in [0.717, 1.165) is 0 Å². The quantitative estimate of drug-likeness (QED) is 0.262. The Morgan fingerprint density at radius 3 is 1.39 bits per heavy atom. The molecular weight excluding hydrogens is 536 g/mol. The Kier molecular flexibility index (Phi) is 10.9. The molecule has 41 heavy (non-hydrogen) atoms. The van der Waals surface area contributed by atoms with Crippen LogP contribution in [0, 0.1) is 0 Å². The number of carbonyl (C=O) groups is 4. The van der Waals surface area contributed by atoms with Crippen molar-refractivity contribution in [2.45, 2.75) is 18.8 Å². The zero-order valence-electron chi connectivity index (χ0n) is 22.9. The SMILES string of the molecule is COc1ccc(CC(=O)NOC(=O)C(C(=O)ONC(=O)Cc2ccc(OC)c(OC)c2)c2ccccc2)cc1OC. The smallest absolute Gasteiger partial charge is 0.350 e. The van der Waals surface area contributed by atoms with Gasteiger partial charge in [0.05, 0.1) is 41.3 Å². The molecule has 0 aliphatic carbocycles. The summed E-state index contributed by atoms with van der Waals surface area (Å²) >= 11 is 0. The second-order valence-corrected chi connectivity index (χ2v) is 8.47. The Hall–Kier alpha value is -5.26. The molecule has 0 atom stereocenters. The van der Waals surface area contributed by atoms with E-state index in [1.165, 1.54) is 40.6 Å². The number of benzene rings is 3. The van der Waals surface area contributed by atoms with Crippen molar-refractivity contribution in [3.63, 3.8) is 0 Å². The minimum atomic E-state index is -1.60. The number of hydrogen-bond acceptors (Lipinski definition) is 10. The van der Waals surface area contributed by atoms with Crippen LogP contribution in [0.25, 0.3) is 0 Å². The standard InChI is InChI=1S/C29H30N2O10/c1-36-21-12-10-18(14-23(21)38-3)16-25(32)30-40-28(34)27(20-8-6-5-7-9-20)29(35)41-31-26(33)17-19-11-13-22(37-2)24(15-19)39-4/h5-15,27H,16-17H2,1-4H3,(H,30,32)(H,31,33). The van der Waals surface area contributed by atoms with E-state index in [1.54, 1.807) is 54.6 Å². The fraction of sp³-hybridized carbons (Fsp3) is 0.241. The van der Waals surface area contributed by atoms with Crippen LogP contribution in [0.5, 0.6) is 23.0 Å². The minimum Gasteiger partial charge on any atom is -0.493 e. The van der Waals surface area contributed by atoms with Crippen LogP contribution in [0.1, 0.15) is 22.6 Å². The van der Waals surface area contributed by atoms with Gasteiger partial charge in [-0.15, -0.1) is 0 Å². The lowest BCUT2D eigenvalue weighted by molar-refractivity contribution is -0.170. The zero-order chi connectivity index (χ0) is 29.8. The Morgan fingerprint density at radius 1 is 0.585 bits per heavy atom. The molecule has 0 heterocycles. The molecular formula is C29H30N2O10. The summed E-state index contributed by atoms with van der Waals surface area (Å²) in [5, 5.41) is 0. The van der Waals surface area contributed by atoms with Gasteiger partial charge in [0.25, 0.3) is 11.8 Å². The minimum absolute atomic E-state index is 0.152. The summed E-state index contributed by atoms with van der Waals surface area (Å²) < 4.78 is 20.8. The summed E-state index contributed by atoms with van der Waals surface area (Å²) in [7, 11) is 5.90. The number of amides is 2. The van der Waals surface area contributed by atoms with Gasteiger partial charge in [0, 0.05) is 0 Å². The molecule has 0 saturated heterocycles. The first kappa shape index (κ1) is 30.3. The molecule has 0 unspecified atom stereocenters. The Labute approximate surface area is 236 Å². The van der Waals surface area contributed by atoms with Gasteiger partial charge in [-0.25, -0.2) is 9.59 Å². The van der Waals surface area contributed by atoms with Crippen LogP contribution >= 0.6 is 0 Å². The molecule has 0 aromatic heterocycles. The van der Waals surface area contributed by atoms with Crippen LogP contribution in [-0.4, -0.2) is 52.2 Å². The van der Waals surface area contributed by atoms with Crippen LogP contribution in [0.4, 0.5) is 0 Å². The molecule has 3 aromatic rings. The van der Waals surface area contributed by atoms with E-state index < -0.39 is 29.7 Å². The summed E-state index contributed by atoms with van der Waals surface area (Å²) in [6.45, 7) is 0. The summed E-state index contributed by atoms with van der Waals surface area (Å²) in [5.74, 6) is -3.31. The van der Waals surface area contributed by atoms with Crippen molar-refractivity contribution in [2.75, 3.05) is 28.4 Å². The van der Waals surface area contributed by atoms with E-state index in [1.807, 2.05) is 11.0 Å². The van der Waals surface area contributed by atoms with Gasteiger partial charge in [0.15, 0.2) is 28.9 Å². The fourth-order valence-electron chi connectivity index (χ4n) is 3.77. The molecule has 0 aliphatic rings. The molecule has 0 saturated carbocycles. The highest BCUT2D eigenvalue weighted by Gasteiger charge is 2.33. The first-order valence-corrected chi connectivity index (χ1v) is 12.2. The first-order chi connectivity index (χ1) is 19.8. The lowest BCUT2D eigenvalue weighted by Crippen LogP contribution is -2.37. The van der Waals surface area contributed by atoms with Gasteiger partial charge < -0.3 is 28.6 Å². The highest BCUT2D eigenvalue weighted by Crippen LogP contribution is 2.28. The van der Waals surface area contributed by atoms with Gasteiger partial charge in [-0.05, 0) is 41.0 Å². The van der Waals surface area contributed by atoms with Gasteiger partial charge in [-0.1, -0.05) is 42.5 Å². The molecule has 2 N–H and O–H groups in total. The first-order valence-electron chi connectivity index (χ1n) is 12.2. The van der Waals surface area contributed by atoms with E-state index in [9.17, 15) is 19.2 Å². The maximum atomic E-state index is 12.9. The molecule has 0 aliphatic heterocycles. The largest absolute Gasteiger partial charge is 0.493 e. The van der Waals surface area contributed by atoms with Crippen LogP contribution < -0.4 is 29.9 Å². The predicted molar refractivity (Wildman–Crippen MR) is 144 cm³/mol. The summed E-state index contributed by atoms with van der Waals surface area (Å²) in [6, 6.07) is 17.7. The number of hydrogen-bond donors (Lipinski definition) is 2. The Bertz CT molecular complexity index is 1290. The number of carbonyl (C=O) groups excluding carboxylic acids is 4. The normalized spacial score (nSPS) is 10.3. The van der Waals surface area contributed by atoms with Gasteiger partial charge in [0.2, 0.25) is 0 Å². The van der Waals surface area contributed by atoms with E-state index in [2.05, 4.69) is 0 Å². The highest BCUT2D eigenvalue weighted by atomic mass is 16.7. The third-order valence-electron chi connectivity index (χ3n) is 5.76. The van der Waals surface area contributed by atoms with E-state index in [4.69, 9.17) is 28.6 Å². The molecule has 0 fully saturated rings. The van der Waals surface area contributed by atoms with Crippen molar-refractivity contribution in [3.8, 4) is 23.0 Å². The van der Waals surface area contributed by atoms with Gasteiger partial charge in [-0.3, -0.25) is 9.59 Å². The fourth-order valence-corrected chi connectivity index (χ4v) is 3.77. The molecule has 0 radical (unpaired) electrons. The van der Waals surface area contributed by atoms with Crippen molar-refractivity contribution in [3.05, 3.63) is 83.4 Å². The van der Waals surface area contributed by atoms with Crippen molar-refractivity contribution < 1.29 is 47.8 Å².